The van der Waals surface area contributed by atoms with Crippen molar-refractivity contribution < 1.29 is 4.79 Å². The molecule has 0 aliphatic heterocycles. The minimum Gasteiger partial charge on any atom is -0.234 e. The minimum atomic E-state index is 0.483. The van der Waals surface area contributed by atoms with E-state index in [0.717, 1.165) is 0 Å². The maximum Gasteiger partial charge on any atom is 0.120 e. The van der Waals surface area contributed by atoms with Crippen molar-refractivity contribution in [2.75, 3.05) is 0 Å². The number of carbonyl (C=O) groups excluding carboxylic acids is 1. The molecule has 0 aromatic rings. The van der Waals surface area contributed by atoms with Crippen LogP contribution in [-0.2, 0) is 4.79 Å². The van der Waals surface area contributed by atoms with Crippen LogP contribution in [0.3, 0.4) is 0 Å². The smallest absolute Gasteiger partial charge is 0.120 e. The van der Waals surface area contributed by atoms with Gasteiger partial charge < -0.3 is 0 Å². The zero-order valence-electron chi connectivity index (χ0n) is 27.4. The van der Waals surface area contributed by atoms with Crippen LogP contribution in [0, 0.1) is 5.92 Å². The van der Waals surface area contributed by atoms with Crippen molar-refractivity contribution in [3.63, 3.8) is 0 Å². The van der Waals surface area contributed by atoms with Crippen molar-refractivity contribution in [2.45, 2.75) is 226 Å². The molecule has 0 aromatic heterocycles. The second-order valence-corrected chi connectivity index (χ2v) is 12.9. The quantitative estimate of drug-likeness (QED) is 0.0579. The van der Waals surface area contributed by atoms with Gasteiger partial charge in [0, 0.05) is 6.08 Å². The second kappa shape index (κ2) is 35.5. The lowest BCUT2D eigenvalue weighted by atomic mass is 9.94. The zero-order valence-corrected chi connectivity index (χ0v) is 27.4. The van der Waals surface area contributed by atoms with E-state index < -0.39 is 0 Å². The van der Waals surface area contributed by atoms with Gasteiger partial charge >= 0.3 is 0 Å². The Morgan fingerprint density at radius 1 is 0.359 bits per heavy atom. The van der Waals surface area contributed by atoms with Crippen LogP contribution in [0.15, 0.2) is 6.08 Å². The third-order valence-corrected chi connectivity index (χ3v) is 8.91. The molecule has 1 nitrogen and oxygen atoms in total. The fourth-order valence-corrected chi connectivity index (χ4v) is 6.14. The molecular formula is C38H74O. The van der Waals surface area contributed by atoms with Crippen molar-refractivity contribution in [3.8, 4) is 0 Å². The molecule has 0 spiro atoms. The maximum absolute atomic E-state index is 11.0. The number of hydrogen-bond donors (Lipinski definition) is 0. The molecule has 39 heavy (non-hydrogen) atoms. The molecule has 0 N–H and O–H groups in total. The van der Waals surface area contributed by atoms with Gasteiger partial charge in [-0.15, -0.1) is 0 Å². The van der Waals surface area contributed by atoms with Gasteiger partial charge in [0.1, 0.15) is 5.94 Å². The summed E-state index contributed by atoms with van der Waals surface area (Å²) in [6.45, 7) is 4.59. The van der Waals surface area contributed by atoms with Crippen LogP contribution >= 0.6 is 0 Å². The Labute approximate surface area is 248 Å². The first kappa shape index (κ1) is 38.5. The Morgan fingerprint density at radius 3 is 0.769 bits per heavy atom. The van der Waals surface area contributed by atoms with E-state index in [4.69, 9.17) is 0 Å². The Morgan fingerprint density at radius 2 is 0.564 bits per heavy atom. The first-order valence-corrected chi connectivity index (χ1v) is 18.6. The second-order valence-electron chi connectivity index (χ2n) is 12.9. The summed E-state index contributed by atoms with van der Waals surface area (Å²) in [5.41, 5.74) is 0. The Kier molecular flexibility index (Phi) is 35.0. The zero-order chi connectivity index (χ0) is 28.3. The van der Waals surface area contributed by atoms with Crippen molar-refractivity contribution in [2.24, 2.45) is 5.92 Å². The average molecular weight is 547 g/mol. The third-order valence-electron chi connectivity index (χ3n) is 8.91. The van der Waals surface area contributed by atoms with Gasteiger partial charge in [0.2, 0.25) is 0 Å². The highest BCUT2D eigenvalue weighted by Crippen LogP contribution is 2.21. The Bertz CT molecular complexity index is 477. The summed E-state index contributed by atoms with van der Waals surface area (Å²) >= 11 is 0. The first-order chi connectivity index (χ1) is 19.3. The van der Waals surface area contributed by atoms with Crippen molar-refractivity contribution >= 4 is 5.94 Å². The molecule has 0 aromatic carbocycles. The van der Waals surface area contributed by atoms with Crippen LogP contribution in [0.25, 0.3) is 0 Å². The van der Waals surface area contributed by atoms with Gasteiger partial charge in [-0.2, -0.15) is 0 Å². The molecule has 0 saturated carbocycles. The predicted octanol–water partition coefficient (Wildman–Crippen LogP) is 13.9. The molecule has 0 radical (unpaired) electrons. The van der Waals surface area contributed by atoms with E-state index in [1.807, 2.05) is 6.08 Å². The molecule has 1 unspecified atom stereocenters. The highest BCUT2D eigenvalue weighted by Gasteiger charge is 2.06. The predicted molar refractivity (Wildman–Crippen MR) is 177 cm³/mol. The Hall–Kier alpha value is -0.550. The van der Waals surface area contributed by atoms with Crippen molar-refractivity contribution in [1.82, 2.24) is 0 Å². The Balaban J connectivity index is 3.37. The minimum absolute atomic E-state index is 0.483. The lowest BCUT2D eigenvalue weighted by Crippen LogP contribution is -1.98. The molecule has 232 valence electrons. The van der Waals surface area contributed by atoms with Crippen LogP contribution in [0.5, 0.6) is 0 Å². The molecule has 0 fully saturated rings. The molecule has 0 aliphatic rings. The highest BCUT2D eigenvalue weighted by atomic mass is 16.1. The van der Waals surface area contributed by atoms with Crippen molar-refractivity contribution in [3.05, 3.63) is 6.08 Å². The van der Waals surface area contributed by atoms with E-state index in [1.54, 1.807) is 0 Å². The molecule has 0 aliphatic carbocycles. The first-order valence-electron chi connectivity index (χ1n) is 18.6. The molecule has 0 bridgehead atoms. The summed E-state index contributed by atoms with van der Waals surface area (Å²) in [6, 6.07) is 0. The molecule has 0 heterocycles. The summed E-state index contributed by atoms with van der Waals surface area (Å²) in [5, 5.41) is 0. The van der Waals surface area contributed by atoms with Gasteiger partial charge in [-0.25, -0.2) is 4.79 Å². The van der Waals surface area contributed by atoms with Crippen LogP contribution in [-0.4, -0.2) is 5.94 Å². The summed E-state index contributed by atoms with van der Waals surface area (Å²) in [7, 11) is 0. The normalized spacial score (nSPS) is 12.1. The molecule has 1 atom stereocenters. The largest absolute Gasteiger partial charge is 0.234 e. The van der Waals surface area contributed by atoms with Gasteiger partial charge in [-0.3, -0.25) is 0 Å². The van der Waals surface area contributed by atoms with Gasteiger partial charge in [-0.05, 0) is 18.8 Å². The standard InChI is InChI=1S/C38H74O/c1-3-5-7-9-11-13-15-17-19-20-21-23-25-27-29-31-33-35-38(36-37-39)34-32-30-28-26-24-22-18-16-14-12-10-8-6-4-2/h36,38H,3-35H2,1-2H3. The van der Waals surface area contributed by atoms with Gasteiger partial charge in [-0.1, -0.05) is 213 Å². The summed E-state index contributed by atoms with van der Waals surface area (Å²) < 4.78 is 0. The monoisotopic (exact) mass is 547 g/mol. The number of rotatable bonds is 34. The van der Waals surface area contributed by atoms with E-state index in [9.17, 15) is 4.79 Å². The van der Waals surface area contributed by atoms with Gasteiger partial charge in [0.25, 0.3) is 0 Å². The van der Waals surface area contributed by atoms with Crippen LogP contribution in [0.2, 0.25) is 0 Å². The van der Waals surface area contributed by atoms with Crippen molar-refractivity contribution in [1.29, 1.82) is 0 Å². The summed E-state index contributed by atoms with van der Waals surface area (Å²) in [4.78, 5) is 11.0. The van der Waals surface area contributed by atoms with Gasteiger partial charge in [0.15, 0.2) is 0 Å². The fourth-order valence-electron chi connectivity index (χ4n) is 6.14. The lowest BCUT2D eigenvalue weighted by Gasteiger charge is -2.11. The topological polar surface area (TPSA) is 17.1 Å². The number of allylic oxidation sites excluding steroid dienone is 1. The maximum atomic E-state index is 11.0. The van der Waals surface area contributed by atoms with Crippen LogP contribution < -0.4 is 0 Å². The fraction of sp³-hybridized carbons (Fsp3) is 0.947. The van der Waals surface area contributed by atoms with Crippen LogP contribution in [0.1, 0.15) is 226 Å². The molecule has 0 rings (SSSR count). The molecule has 0 amide bonds. The lowest BCUT2D eigenvalue weighted by molar-refractivity contribution is 0.460. The highest BCUT2D eigenvalue weighted by molar-refractivity contribution is 5.45. The van der Waals surface area contributed by atoms with Gasteiger partial charge in [0.05, 0.1) is 0 Å². The molecular weight excluding hydrogens is 472 g/mol. The summed E-state index contributed by atoms with van der Waals surface area (Å²) in [5.74, 6) is 2.58. The van der Waals surface area contributed by atoms with E-state index in [1.165, 1.54) is 212 Å². The SMILES string of the molecule is CCCCCCCCCCCCCCCCCCCC(C=C=O)CCCCCCCCCCCCCCCC. The molecule has 1 heteroatoms. The average Bonchev–Trinajstić information content (AvgIpc) is 2.94. The van der Waals surface area contributed by atoms with Crippen LogP contribution in [0.4, 0.5) is 0 Å². The van der Waals surface area contributed by atoms with E-state index in [-0.39, 0.29) is 0 Å². The number of hydrogen-bond acceptors (Lipinski definition) is 1. The molecule has 0 saturated heterocycles. The number of unbranched alkanes of at least 4 members (excludes halogenated alkanes) is 29. The van der Waals surface area contributed by atoms with E-state index in [2.05, 4.69) is 19.8 Å². The van der Waals surface area contributed by atoms with E-state index >= 15 is 0 Å². The third kappa shape index (κ3) is 33.6. The van der Waals surface area contributed by atoms with E-state index in [0.29, 0.717) is 5.92 Å². The summed E-state index contributed by atoms with van der Waals surface area (Å²) in [6.07, 6.45) is 48.2.